The third-order valence-corrected chi connectivity index (χ3v) is 7.70. The van der Waals surface area contributed by atoms with Crippen LogP contribution >= 0.6 is 0 Å². The molecule has 40 heavy (non-hydrogen) atoms. The van der Waals surface area contributed by atoms with Crippen LogP contribution in [0.5, 0.6) is 0 Å². The third-order valence-electron chi connectivity index (χ3n) is 7.70. The first kappa shape index (κ1) is 29.6. The number of hydrogen-bond acceptors (Lipinski definition) is 2. The molecule has 4 rings (SSSR count). The molecular formula is C31H31F6NO2. The molecule has 1 aliphatic rings. The number of halogens is 6. The van der Waals surface area contributed by atoms with Crippen molar-refractivity contribution in [1.29, 1.82) is 0 Å². The van der Waals surface area contributed by atoms with Gasteiger partial charge in [-0.2, -0.15) is 13.2 Å². The van der Waals surface area contributed by atoms with Gasteiger partial charge in [-0.1, -0.05) is 49.7 Å². The van der Waals surface area contributed by atoms with E-state index in [1.165, 1.54) is 36.4 Å². The maximum Gasteiger partial charge on any atom is 0.416 e. The van der Waals surface area contributed by atoms with E-state index in [4.69, 9.17) is 0 Å². The minimum Gasteiger partial charge on any atom is -0.481 e. The number of rotatable bonds is 8. The molecule has 0 radical (unpaired) electrons. The van der Waals surface area contributed by atoms with Gasteiger partial charge in [0.25, 0.3) is 5.92 Å². The van der Waals surface area contributed by atoms with E-state index in [0.717, 1.165) is 12.1 Å². The highest BCUT2D eigenvalue weighted by molar-refractivity contribution is 5.82. The van der Waals surface area contributed by atoms with Gasteiger partial charge in [-0.25, -0.2) is 13.2 Å². The summed E-state index contributed by atoms with van der Waals surface area (Å²) in [5.74, 6) is -4.50. The van der Waals surface area contributed by atoms with E-state index in [1.807, 2.05) is 6.92 Å². The fraction of sp³-hybridized carbons (Fsp3) is 0.387. The number of benzene rings is 3. The average Bonchev–Trinajstić information content (AvgIpc) is 2.89. The molecule has 2 atom stereocenters. The molecule has 1 heterocycles. The molecule has 0 aromatic heterocycles. The lowest BCUT2D eigenvalue weighted by molar-refractivity contribution is -0.143. The van der Waals surface area contributed by atoms with Gasteiger partial charge in [0.05, 0.1) is 23.6 Å². The predicted molar refractivity (Wildman–Crippen MR) is 141 cm³/mol. The van der Waals surface area contributed by atoms with Crippen molar-refractivity contribution in [3.05, 3.63) is 94.8 Å². The van der Waals surface area contributed by atoms with E-state index in [9.17, 15) is 36.2 Å². The topological polar surface area (TPSA) is 40.5 Å². The Kier molecular flexibility index (Phi) is 8.36. The molecule has 3 aromatic carbocycles. The summed E-state index contributed by atoms with van der Waals surface area (Å²) in [6, 6.07) is 14.1. The summed E-state index contributed by atoms with van der Waals surface area (Å²) in [6.45, 7) is 3.22. The molecule has 214 valence electrons. The van der Waals surface area contributed by atoms with E-state index in [1.54, 1.807) is 30.0 Å². The number of carboxylic acid groups (broad SMARTS) is 1. The van der Waals surface area contributed by atoms with Crippen molar-refractivity contribution in [3.63, 3.8) is 0 Å². The van der Waals surface area contributed by atoms with Crippen LogP contribution in [-0.2, 0) is 16.4 Å². The highest BCUT2D eigenvalue weighted by Crippen LogP contribution is 2.43. The number of carboxylic acids is 1. The smallest absolute Gasteiger partial charge is 0.416 e. The number of carbonyl (C=O) groups is 1. The van der Waals surface area contributed by atoms with Crippen LogP contribution < -0.4 is 0 Å². The highest BCUT2D eigenvalue weighted by atomic mass is 19.4. The Labute approximate surface area is 229 Å². The molecule has 0 aliphatic carbocycles. The van der Waals surface area contributed by atoms with Crippen molar-refractivity contribution in [3.8, 4) is 11.1 Å². The summed E-state index contributed by atoms with van der Waals surface area (Å²) in [7, 11) is 0. The van der Waals surface area contributed by atoms with Gasteiger partial charge in [-0.3, -0.25) is 9.69 Å². The second-order valence-electron chi connectivity index (χ2n) is 10.6. The summed E-state index contributed by atoms with van der Waals surface area (Å²) < 4.78 is 83.0. The fourth-order valence-corrected chi connectivity index (χ4v) is 5.55. The second kappa shape index (κ2) is 11.3. The highest BCUT2D eigenvalue weighted by Gasteiger charge is 2.40. The minimum absolute atomic E-state index is 0.228. The fourth-order valence-electron chi connectivity index (χ4n) is 5.55. The summed E-state index contributed by atoms with van der Waals surface area (Å²) in [6.07, 6.45) is -3.71. The third kappa shape index (κ3) is 6.19. The van der Waals surface area contributed by atoms with E-state index < -0.39 is 47.5 Å². The molecule has 2 unspecified atom stereocenters. The number of aliphatic carboxylic acids is 1. The summed E-state index contributed by atoms with van der Waals surface area (Å²) in [5.41, 5.74) is 0.176. The molecular weight excluding hydrogens is 532 g/mol. The Morgan fingerprint density at radius 1 is 1.00 bits per heavy atom. The van der Waals surface area contributed by atoms with Crippen molar-refractivity contribution in [2.75, 3.05) is 13.1 Å². The van der Waals surface area contributed by atoms with Crippen molar-refractivity contribution >= 4 is 5.97 Å². The van der Waals surface area contributed by atoms with E-state index in [2.05, 4.69) is 0 Å². The molecule has 0 bridgehead atoms. The molecule has 3 nitrogen and oxygen atoms in total. The molecule has 1 N–H and O–H groups in total. The molecule has 0 saturated carbocycles. The average molecular weight is 564 g/mol. The minimum atomic E-state index is -4.55. The molecule has 0 spiro atoms. The van der Waals surface area contributed by atoms with Crippen LogP contribution in [0, 0.1) is 5.82 Å². The van der Waals surface area contributed by atoms with Crippen LogP contribution in [0.3, 0.4) is 0 Å². The van der Waals surface area contributed by atoms with E-state index in [-0.39, 0.29) is 12.8 Å². The van der Waals surface area contributed by atoms with Gasteiger partial charge in [0.15, 0.2) is 0 Å². The molecule has 0 amide bonds. The zero-order valence-electron chi connectivity index (χ0n) is 22.2. The van der Waals surface area contributed by atoms with Crippen LogP contribution in [-0.4, -0.2) is 35.0 Å². The van der Waals surface area contributed by atoms with Crippen LogP contribution in [0.4, 0.5) is 26.3 Å². The molecule has 1 aliphatic heterocycles. The van der Waals surface area contributed by atoms with Gasteiger partial charge in [0.2, 0.25) is 0 Å². The van der Waals surface area contributed by atoms with Gasteiger partial charge >= 0.3 is 12.1 Å². The zero-order valence-corrected chi connectivity index (χ0v) is 22.2. The standard InChI is InChI=1S/C31H31F6NO2/c1-3-15-29(2,28(39)40)23-11-14-25(26(18-23)20-5-9-22(10-6-20)31(35,36)37)27(21-7-12-24(32)13-8-21)38-17-4-16-30(33,34)19-38/h5-14,18,27H,3-4,15-17,19H2,1-2H3,(H,39,40). The van der Waals surface area contributed by atoms with Crippen LogP contribution in [0.15, 0.2) is 66.7 Å². The molecule has 1 saturated heterocycles. The lowest BCUT2D eigenvalue weighted by Gasteiger charge is -2.39. The Balaban J connectivity index is 1.96. The molecule has 9 heteroatoms. The van der Waals surface area contributed by atoms with Gasteiger partial charge in [0, 0.05) is 6.42 Å². The van der Waals surface area contributed by atoms with E-state index in [0.29, 0.717) is 47.2 Å². The van der Waals surface area contributed by atoms with Gasteiger partial charge < -0.3 is 5.11 Å². The second-order valence-corrected chi connectivity index (χ2v) is 10.6. The van der Waals surface area contributed by atoms with E-state index >= 15 is 0 Å². The van der Waals surface area contributed by atoms with Crippen LogP contribution in [0.25, 0.3) is 11.1 Å². The number of likely N-dealkylation sites (tertiary alicyclic amines) is 1. The lowest BCUT2D eigenvalue weighted by Crippen LogP contribution is -2.44. The van der Waals surface area contributed by atoms with Gasteiger partial charge in [-0.05, 0) is 84.5 Å². The van der Waals surface area contributed by atoms with Crippen LogP contribution in [0.1, 0.15) is 67.8 Å². The summed E-state index contributed by atoms with van der Waals surface area (Å²) >= 11 is 0. The first-order chi connectivity index (χ1) is 18.7. The largest absolute Gasteiger partial charge is 0.481 e. The number of nitrogens with zero attached hydrogens (tertiary/aromatic N) is 1. The van der Waals surface area contributed by atoms with Gasteiger partial charge in [0.1, 0.15) is 5.82 Å². The quantitative estimate of drug-likeness (QED) is 0.280. The Morgan fingerprint density at radius 2 is 1.62 bits per heavy atom. The number of alkyl halides is 5. The SMILES string of the molecule is CCCC(C)(C(=O)O)c1ccc(C(c2ccc(F)cc2)N2CCCC(F)(F)C2)c(-c2ccc(C(F)(F)F)cc2)c1. The predicted octanol–water partition coefficient (Wildman–Crippen LogP) is 8.47. The van der Waals surface area contributed by atoms with Crippen molar-refractivity contribution in [1.82, 2.24) is 4.90 Å². The van der Waals surface area contributed by atoms with Gasteiger partial charge in [-0.15, -0.1) is 0 Å². The number of hydrogen-bond donors (Lipinski definition) is 1. The molecule has 3 aromatic rings. The van der Waals surface area contributed by atoms with Crippen molar-refractivity contribution < 1.29 is 36.2 Å². The maximum absolute atomic E-state index is 14.6. The lowest BCUT2D eigenvalue weighted by atomic mass is 9.76. The summed E-state index contributed by atoms with van der Waals surface area (Å²) in [5, 5.41) is 10.1. The maximum atomic E-state index is 14.6. The number of piperidine rings is 1. The Hall–Kier alpha value is -3.33. The van der Waals surface area contributed by atoms with Crippen molar-refractivity contribution in [2.24, 2.45) is 0 Å². The van der Waals surface area contributed by atoms with Crippen LogP contribution in [0.2, 0.25) is 0 Å². The molecule has 1 fully saturated rings. The first-order valence-corrected chi connectivity index (χ1v) is 13.2. The zero-order chi connectivity index (χ0) is 29.3. The Bertz CT molecular complexity index is 1340. The Morgan fingerprint density at radius 3 is 2.17 bits per heavy atom. The monoisotopic (exact) mass is 563 g/mol. The summed E-state index contributed by atoms with van der Waals surface area (Å²) in [4.78, 5) is 14.0. The first-order valence-electron chi connectivity index (χ1n) is 13.2. The van der Waals surface area contributed by atoms with Crippen molar-refractivity contribution in [2.45, 2.75) is 63.1 Å². The normalized spacial score (nSPS) is 18.2.